The van der Waals surface area contributed by atoms with Gasteiger partial charge in [-0.2, -0.15) is 0 Å². The minimum Gasteiger partial charge on any atom is -0.465 e. The highest BCUT2D eigenvalue weighted by Gasteiger charge is 2.23. The number of hydrogen-bond donors (Lipinski definition) is 1. The van der Waals surface area contributed by atoms with E-state index in [4.69, 9.17) is 16.0 Å². The molecule has 0 atom stereocenters. The van der Waals surface area contributed by atoms with Crippen molar-refractivity contribution < 1.29 is 14.0 Å². The summed E-state index contributed by atoms with van der Waals surface area (Å²) in [7, 11) is 0. The fourth-order valence-electron chi connectivity index (χ4n) is 2.65. The lowest BCUT2D eigenvalue weighted by molar-refractivity contribution is -0.127. The molecular weight excluding hydrogens is 354 g/mol. The molecule has 1 aliphatic rings. The molecule has 1 aromatic carbocycles. The number of nitrogens with zero attached hydrogens (tertiary/aromatic N) is 2. The van der Waals surface area contributed by atoms with Gasteiger partial charge >= 0.3 is 6.03 Å². The van der Waals surface area contributed by atoms with Crippen molar-refractivity contribution in [1.29, 1.82) is 0 Å². The van der Waals surface area contributed by atoms with E-state index < -0.39 is 0 Å². The Morgan fingerprint density at radius 3 is 2.54 bits per heavy atom. The van der Waals surface area contributed by atoms with Gasteiger partial charge in [-0.25, -0.2) is 4.79 Å². The summed E-state index contributed by atoms with van der Waals surface area (Å²) in [5.41, 5.74) is 1.62. The van der Waals surface area contributed by atoms with Crippen LogP contribution in [0.25, 0.3) is 6.08 Å². The molecule has 136 valence electrons. The van der Waals surface area contributed by atoms with Crippen LogP contribution in [-0.4, -0.2) is 47.9 Å². The number of carbonyl (C=O) groups excluding carboxylic acids is 2. The largest absolute Gasteiger partial charge is 0.465 e. The van der Waals surface area contributed by atoms with E-state index in [1.165, 1.54) is 6.08 Å². The van der Waals surface area contributed by atoms with Crippen LogP contribution in [-0.2, 0) is 4.79 Å². The lowest BCUT2D eigenvalue weighted by atomic mass is 10.2. The molecule has 0 bridgehead atoms. The molecule has 1 saturated heterocycles. The van der Waals surface area contributed by atoms with Crippen LogP contribution in [0.15, 0.2) is 47.1 Å². The van der Waals surface area contributed by atoms with Crippen LogP contribution >= 0.6 is 11.6 Å². The second kappa shape index (κ2) is 8.10. The van der Waals surface area contributed by atoms with Crippen molar-refractivity contribution in [3.05, 3.63) is 59.0 Å². The molecule has 2 heterocycles. The van der Waals surface area contributed by atoms with Crippen molar-refractivity contribution in [3.63, 3.8) is 0 Å². The van der Waals surface area contributed by atoms with Gasteiger partial charge in [0.25, 0.3) is 0 Å². The maximum absolute atomic E-state index is 12.4. The van der Waals surface area contributed by atoms with Crippen molar-refractivity contribution in [1.82, 2.24) is 9.80 Å². The first-order valence-electron chi connectivity index (χ1n) is 8.35. The summed E-state index contributed by atoms with van der Waals surface area (Å²) in [5, 5.41) is 3.45. The first-order valence-corrected chi connectivity index (χ1v) is 8.73. The fourth-order valence-corrected chi connectivity index (χ4v) is 2.83. The van der Waals surface area contributed by atoms with E-state index in [0.717, 1.165) is 5.56 Å². The van der Waals surface area contributed by atoms with E-state index in [9.17, 15) is 9.59 Å². The number of hydrogen-bond acceptors (Lipinski definition) is 3. The smallest absolute Gasteiger partial charge is 0.321 e. The second-order valence-corrected chi connectivity index (χ2v) is 6.46. The third kappa shape index (κ3) is 4.46. The van der Waals surface area contributed by atoms with Crippen LogP contribution in [0.4, 0.5) is 10.5 Å². The molecule has 6 nitrogen and oxygen atoms in total. The highest BCUT2D eigenvalue weighted by atomic mass is 35.5. The number of benzene rings is 1. The zero-order chi connectivity index (χ0) is 18.5. The molecule has 0 unspecified atom stereocenters. The number of furan rings is 1. The summed E-state index contributed by atoms with van der Waals surface area (Å²) in [6.45, 7) is 3.84. The topological polar surface area (TPSA) is 65.8 Å². The molecule has 3 rings (SSSR count). The maximum atomic E-state index is 12.4. The van der Waals surface area contributed by atoms with E-state index in [1.807, 2.05) is 19.1 Å². The minimum absolute atomic E-state index is 0.0909. The Morgan fingerprint density at radius 1 is 1.15 bits per heavy atom. The molecule has 1 aliphatic heterocycles. The number of carbonyl (C=O) groups is 2. The Balaban J connectivity index is 1.50. The summed E-state index contributed by atoms with van der Waals surface area (Å²) >= 11 is 6.08. The summed E-state index contributed by atoms with van der Waals surface area (Å²) in [5.74, 6) is 0.542. The molecule has 0 radical (unpaired) electrons. The van der Waals surface area contributed by atoms with Crippen molar-refractivity contribution >= 4 is 35.3 Å². The average Bonchev–Trinajstić information content (AvgIpc) is 3.16. The second-order valence-electron chi connectivity index (χ2n) is 6.06. The first kappa shape index (κ1) is 18.1. The number of halogens is 1. The van der Waals surface area contributed by atoms with Crippen molar-refractivity contribution in [2.24, 2.45) is 0 Å². The number of urea groups is 1. The molecule has 0 saturated carbocycles. The van der Waals surface area contributed by atoms with Crippen LogP contribution in [0.5, 0.6) is 0 Å². The summed E-state index contributed by atoms with van der Waals surface area (Å²) in [6, 6.07) is 8.77. The average molecular weight is 374 g/mol. The van der Waals surface area contributed by atoms with Crippen molar-refractivity contribution in [2.45, 2.75) is 6.92 Å². The van der Waals surface area contributed by atoms with Gasteiger partial charge in [-0.1, -0.05) is 17.7 Å². The monoisotopic (exact) mass is 373 g/mol. The van der Waals surface area contributed by atoms with Gasteiger partial charge in [-0.3, -0.25) is 4.79 Å². The Kier molecular flexibility index (Phi) is 5.63. The third-order valence-corrected chi connectivity index (χ3v) is 4.64. The van der Waals surface area contributed by atoms with E-state index in [2.05, 4.69) is 5.32 Å². The molecule has 7 heteroatoms. The standard InChI is InChI=1S/C19H20ClN3O3/c1-14-4-5-15(13-17(14)20)21-19(25)23-10-8-22(9-11-23)18(24)7-6-16-3-2-12-26-16/h2-7,12-13H,8-11H2,1H3,(H,21,25)/b7-6+. The summed E-state index contributed by atoms with van der Waals surface area (Å²) < 4.78 is 5.16. The van der Waals surface area contributed by atoms with Crippen molar-refractivity contribution in [3.8, 4) is 0 Å². The SMILES string of the molecule is Cc1ccc(NC(=O)N2CCN(C(=O)/C=C/c3ccco3)CC2)cc1Cl. The van der Waals surface area contributed by atoms with E-state index >= 15 is 0 Å². The van der Waals surface area contributed by atoms with Gasteiger partial charge in [0.1, 0.15) is 5.76 Å². The van der Waals surface area contributed by atoms with Crippen LogP contribution < -0.4 is 5.32 Å². The number of piperazine rings is 1. The Morgan fingerprint density at radius 2 is 1.88 bits per heavy atom. The predicted octanol–water partition coefficient (Wildman–Crippen LogP) is 3.63. The van der Waals surface area contributed by atoms with Gasteiger partial charge < -0.3 is 19.5 Å². The summed E-state index contributed by atoms with van der Waals surface area (Å²) in [4.78, 5) is 28.0. The van der Waals surface area contributed by atoms with Gasteiger partial charge in [-0.05, 0) is 42.8 Å². The summed E-state index contributed by atoms with van der Waals surface area (Å²) in [6.07, 6.45) is 4.69. The van der Waals surface area contributed by atoms with E-state index in [-0.39, 0.29) is 11.9 Å². The molecule has 1 N–H and O–H groups in total. The van der Waals surface area contributed by atoms with Crippen LogP contribution in [0.1, 0.15) is 11.3 Å². The highest BCUT2D eigenvalue weighted by molar-refractivity contribution is 6.31. The Labute approximate surface area is 157 Å². The Hall–Kier alpha value is -2.73. The van der Waals surface area contributed by atoms with Gasteiger partial charge in [0.2, 0.25) is 5.91 Å². The van der Waals surface area contributed by atoms with Crippen LogP contribution in [0.3, 0.4) is 0 Å². The normalized spacial score (nSPS) is 14.7. The van der Waals surface area contributed by atoms with Gasteiger partial charge in [0, 0.05) is 43.0 Å². The number of anilines is 1. The van der Waals surface area contributed by atoms with Crippen LogP contribution in [0, 0.1) is 6.92 Å². The number of nitrogens with one attached hydrogen (secondary N) is 1. The van der Waals surface area contributed by atoms with E-state index in [1.54, 1.807) is 40.3 Å². The molecule has 1 fully saturated rings. The van der Waals surface area contributed by atoms with E-state index in [0.29, 0.717) is 42.6 Å². The third-order valence-electron chi connectivity index (χ3n) is 4.24. The fraction of sp³-hybridized carbons (Fsp3) is 0.263. The lowest BCUT2D eigenvalue weighted by Crippen LogP contribution is -2.51. The zero-order valence-corrected chi connectivity index (χ0v) is 15.2. The number of rotatable bonds is 3. The molecule has 3 amide bonds. The zero-order valence-electron chi connectivity index (χ0n) is 14.4. The number of aryl methyl sites for hydroxylation is 1. The molecule has 2 aromatic rings. The molecular formula is C19H20ClN3O3. The number of amides is 3. The predicted molar refractivity (Wildman–Crippen MR) is 101 cm³/mol. The molecule has 1 aromatic heterocycles. The molecule has 26 heavy (non-hydrogen) atoms. The molecule has 0 aliphatic carbocycles. The highest BCUT2D eigenvalue weighted by Crippen LogP contribution is 2.20. The molecule has 0 spiro atoms. The van der Waals surface area contributed by atoms with Gasteiger partial charge in [-0.15, -0.1) is 0 Å². The quantitative estimate of drug-likeness (QED) is 0.835. The van der Waals surface area contributed by atoms with Gasteiger partial charge in [0.05, 0.1) is 6.26 Å². The van der Waals surface area contributed by atoms with Gasteiger partial charge in [0.15, 0.2) is 0 Å². The first-order chi connectivity index (χ1) is 12.5. The lowest BCUT2D eigenvalue weighted by Gasteiger charge is -2.34. The maximum Gasteiger partial charge on any atom is 0.321 e. The minimum atomic E-state index is -0.192. The van der Waals surface area contributed by atoms with Crippen LogP contribution in [0.2, 0.25) is 5.02 Å². The van der Waals surface area contributed by atoms with Crippen molar-refractivity contribution in [2.75, 3.05) is 31.5 Å². The Bertz CT molecular complexity index is 809.